The molecule has 0 aromatic heterocycles. The molecule has 4 heteroatoms. The molecule has 4 nitrogen and oxygen atoms in total. The lowest BCUT2D eigenvalue weighted by atomic mass is 10.1. The summed E-state index contributed by atoms with van der Waals surface area (Å²) in [7, 11) is 0. The van der Waals surface area contributed by atoms with Gasteiger partial charge in [0.05, 0.1) is 12.2 Å². The fraction of sp³-hybridized carbons (Fsp3) is 0.909. The lowest BCUT2D eigenvalue weighted by Crippen LogP contribution is -2.48. The number of hydrogen-bond donors (Lipinski definition) is 2. The molecule has 0 heterocycles. The fourth-order valence-corrected chi connectivity index (χ4v) is 1.03. The van der Waals surface area contributed by atoms with Gasteiger partial charge in [-0.05, 0) is 20.3 Å². The highest BCUT2D eigenvalue weighted by atomic mass is 16.5. The number of hydrogen-bond acceptors (Lipinski definition) is 3. The lowest BCUT2D eigenvalue weighted by Gasteiger charge is -2.27. The quantitative estimate of drug-likeness (QED) is 0.668. The Kier molecular flexibility index (Phi) is 5.83. The molecule has 0 aliphatic heterocycles. The zero-order valence-electron chi connectivity index (χ0n) is 10.5. The molecule has 0 saturated carbocycles. The van der Waals surface area contributed by atoms with E-state index in [1.54, 1.807) is 0 Å². The molecule has 0 saturated heterocycles. The maximum atomic E-state index is 11.1. The lowest BCUT2D eigenvalue weighted by molar-refractivity contribution is -0.123. The van der Waals surface area contributed by atoms with E-state index < -0.39 is 6.04 Å². The molecule has 0 fully saturated rings. The molecule has 0 spiro atoms. The van der Waals surface area contributed by atoms with Gasteiger partial charge >= 0.3 is 0 Å². The molecular formula is C11H24N2O2. The van der Waals surface area contributed by atoms with Gasteiger partial charge in [0, 0.05) is 6.04 Å². The predicted molar refractivity (Wildman–Crippen MR) is 61.6 cm³/mol. The monoisotopic (exact) mass is 216 g/mol. The Bertz CT molecular complexity index is 203. The van der Waals surface area contributed by atoms with Gasteiger partial charge in [0.15, 0.2) is 0 Å². The minimum atomic E-state index is -0.407. The third-order valence-electron chi connectivity index (χ3n) is 2.37. The molecule has 0 radical (unpaired) electrons. The van der Waals surface area contributed by atoms with Crippen LogP contribution in [-0.4, -0.2) is 30.2 Å². The van der Waals surface area contributed by atoms with Crippen molar-refractivity contribution in [1.29, 1.82) is 0 Å². The fourth-order valence-electron chi connectivity index (χ4n) is 1.03. The molecule has 0 aromatic rings. The van der Waals surface area contributed by atoms with Gasteiger partial charge in [-0.25, -0.2) is 0 Å². The van der Waals surface area contributed by atoms with E-state index in [0.717, 1.165) is 6.42 Å². The molecule has 3 N–H and O–H groups in total. The summed E-state index contributed by atoms with van der Waals surface area (Å²) in [4.78, 5) is 11.1. The Morgan fingerprint density at radius 1 is 1.47 bits per heavy atom. The van der Waals surface area contributed by atoms with Gasteiger partial charge in [-0.3, -0.25) is 4.79 Å². The van der Waals surface area contributed by atoms with Crippen molar-refractivity contribution in [3.63, 3.8) is 0 Å². The summed E-state index contributed by atoms with van der Waals surface area (Å²) in [5.41, 5.74) is 5.07. The molecular weight excluding hydrogens is 192 g/mol. The van der Waals surface area contributed by atoms with Crippen molar-refractivity contribution in [3.8, 4) is 0 Å². The molecule has 0 aromatic carbocycles. The van der Waals surface area contributed by atoms with E-state index in [-0.39, 0.29) is 17.6 Å². The summed E-state index contributed by atoms with van der Waals surface area (Å²) in [5.74, 6) is -0.365. The normalized spacial score (nSPS) is 14.3. The molecule has 1 atom stereocenters. The smallest absolute Gasteiger partial charge is 0.236 e. The Morgan fingerprint density at radius 3 is 2.33 bits per heavy atom. The van der Waals surface area contributed by atoms with Crippen molar-refractivity contribution in [2.75, 3.05) is 6.61 Å². The number of amides is 1. The Balaban J connectivity index is 4.13. The SMILES string of the molecule is CCC(C)(C)OCC(NC(C)C)C(N)=O. The highest BCUT2D eigenvalue weighted by Gasteiger charge is 2.21. The van der Waals surface area contributed by atoms with Crippen LogP contribution in [0, 0.1) is 0 Å². The predicted octanol–water partition coefficient (Wildman–Crippen LogP) is 1.04. The van der Waals surface area contributed by atoms with Crippen molar-refractivity contribution < 1.29 is 9.53 Å². The first kappa shape index (κ1) is 14.4. The highest BCUT2D eigenvalue weighted by molar-refractivity contribution is 5.80. The third kappa shape index (κ3) is 6.47. The van der Waals surface area contributed by atoms with Gasteiger partial charge in [0.2, 0.25) is 5.91 Å². The average Bonchev–Trinajstić information content (AvgIpc) is 2.11. The first-order chi connectivity index (χ1) is 6.78. The number of carbonyl (C=O) groups excluding carboxylic acids is 1. The Morgan fingerprint density at radius 2 is 2.00 bits per heavy atom. The van der Waals surface area contributed by atoms with E-state index in [2.05, 4.69) is 12.2 Å². The summed E-state index contributed by atoms with van der Waals surface area (Å²) < 4.78 is 5.64. The van der Waals surface area contributed by atoms with Crippen LogP contribution in [0.15, 0.2) is 0 Å². The van der Waals surface area contributed by atoms with Crippen LogP contribution in [0.1, 0.15) is 41.0 Å². The number of nitrogens with two attached hydrogens (primary N) is 1. The minimum absolute atomic E-state index is 0.202. The van der Waals surface area contributed by atoms with Crippen molar-refractivity contribution in [1.82, 2.24) is 5.32 Å². The van der Waals surface area contributed by atoms with Crippen LogP contribution in [0.4, 0.5) is 0 Å². The summed E-state index contributed by atoms with van der Waals surface area (Å²) in [6.07, 6.45) is 0.903. The van der Waals surface area contributed by atoms with Gasteiger partial charge < -0.3 is 15.8 Å². The third-order valence-corrected chi connectivity index (χ3v) is 2.37. The van der Waals surface area contributed by atoms with E-state index in [1.807, 2.05) is 27.7 Å². The van der Waals surface area contributed by atoms with Crippen molar-refractivity contribution in [2.24, 2.45) is 5.73 Å². The molecule has 1 unspecified atom stereocenters. The summed E-state index contributed by atoms with van der Waals surface area (Å²) in [6.45, 7) is 10.3. The minimum Gasteiger partial charge on any atom is -0.373 e. The van der Waals surface area contributed by atoms with Crippen LogP contribution < -0.4 is 11.1 Å². The van der Waals surface area contributed by atoms with Crippen LogP contribution in [0.2, 0.25) is 0 Å². The first-order valence-corrected chi connectivity index (χ1v) is 5.48. The maximum absolute atomic E-state index is 11.1. The van der Waals surface area contributed by atoms with E-state index in [0.29, 0.717) is 6.61 Å². The van der Waals surface area contributed by atoms with E-state index >= 15 is 0 Å². The second-order valence-electron chi connectivity index (χ2n) is 4.70. The highest BCUT2D eigenvalue weighted by Crippen LogP contribution is 2.13. The van der Waals surface area contributed by atoms with Gasteiger partial charge in [-0.15, -0.1) is 0 Å². The van der Waals surface area contributed by atoms with Crippen molar-refractivity contribution in [2.45, 2.75) is 58.7 Å². The van der Waals surface area contributed by atoms with E-state index in [4.69, 9.17) is 10.5 Å². The molecule has 0 bridgehead atoms. The maximum Gasteiger partial charge on any atom is 0.236 e. The number of primary amides is 1. The van der Waals surface area contributed by atoms with E-state index in [9.17, 15) is 4.79 Å². The Labute approximate surface area is 92.6 Å². The van der Waals surface area contributed by atoms with E-state index in [1.165, 1.54) is 0 Å². The van der Waals surface area contributed by atoms with Gasteiger partial charge in [0.25, 0.3) is 0 Å². The number of rotatable bonds is 7. The topological polar surface area (TPSA) is 64.3 Å². The number of carbonyl (C=O) groups is 1. The standard InChI is InChI=1S/C11H24N2O2/c1-6-11(4,5)15-7-9(10(12)14)13-8(2)3/h8-9,13H,6-7H2,1-5H3,(H2,12,14). The molecule has 0 rings (SSSR count). The second kappa shape index (κ2) is 6.08. The van der Waals surface area contributed by atoms with Crippen LogP contribution in [0.25, 0.3) is 0 Å². The summed E-state index contributed by atoms with van der Waals surface area (Å²) in [6, 6.07) is -0.188. The number of ether oxygens (including phenoxy) is 1. The average molecular weight is 216 g/mol. The Hall–Kier alpha value is -0.610. The summed E-state index contributed by atoms with van der Waals surface area (Å²) in [5, 5.41) is 3.08. The van der Waals surface area contributed by atoms with Gasteiger partial charge in [-0.1, -0.05) is 20.8 Å². The summed E-state index contributed by atoms with van der Waals surface area (Å²) >= 11 is 0. The van der Waals surface area contributed by atoms with Crippen LogP contribution in [-0.2, 0) is 9.53 Å². The zero-order chi connectivity index (χ0) is 12.1. The molecule has 0 aliphatic rings. The molecule has 1 amide bonds. The molecule has 15 heavy (non-hydrogen) atoms. The first-order valence-electron chi connectivity index (χ1n) is 5.48. The zero-order valence-corrected chi connectivity index (χ0v) is 10.5. The number of nitrogens with one attached hydrogen (secondary N) is 1. The van der Waals surface area contributed by atoms with Gasteiger partial charge in [-0.2, -0.15) is 0 Å². The molecule has 0 aliphatic carbocycles. The second-order valence-corrected chi connectivity index (χ2v) is 4.70. The van der Waals surface area contributed by atoms with Crippen LogP contribution in [0.5, 0.6) is 0 Å². The largest absolute Gasteiger partial charge is 0.373 e. The molecule has 90 valence electrons. The van der Waals surface area contributed by atoms with Crippen LogP contribution >= 0.6 is 0 Å². The van der Waals surface area contributed by atoms with Gasteiger partial charge in [0.1, 0.15) is 6.04 Å². The van der Waals surface area contributed by atoms with Crippen molar-refractivity contribution >= 4 is 5.91 Å². The van der Waals surface area contributed by atoms with Crippen LogP contribution in [0.3, 0.4) is 0 Å². The van der Waals surface area contributed by atoms with Crippen molar-refractivity contribution in [3.05, 3.63) is 0 Å².